The monoisotopic (exact) mass is 584 g/mol. The first kappa shape index (κ1) is 27.8. The molecule has 2 saturated carbocycles. The van der Waals surface area contributed by atoms with Gasteiger partial charge in [0.2, 0.25) is 0 Å². The molecular weight excluding hydrogens is 544 g/mol. The van der Waals surface area contributed by atoms with Gasteiger partial charge in [0.1, 0.15) is 11.3 Å². The minimum Gasteiger partial charge on any atom is -0.493 e. The lowest BCUT2D eigenvalue weighted by molar-refractivity contribution is -0.144. The van der Waals surface area contributed by atoms with Crippen LogP contribution >= 0.6 is 11.6 Å². The van der Waals surface area contributed by atoms with Crippen molar-refractivity contribution in [1.82, 2.24) is 4.98 Å². The Labute approximate surface area is 254 Å². The summed E-state index contributed by atoms with van der Waals surface area (Å²) in [7, 11) is 0. The Morgan fingerprint density at radius 3 is 2.74 bits per heavy atom. The van der Waals surface area contributed by atoms with Gasteiger partial charge in [-0.25, -0.2) is 4.79 Å². The van der Waals surface area contributed by atoms with Gasteiger partial charge in [0.15, 0.2) is 0 Å². The number of carboxylic acids is 1. The Balaban J connectivity index is 1.08. The number of nitrogens with one attached hydrogen (secondary N) is 1. The summed E-state index contributed by atoms with van der Waals surface area (Å²) in [5, 5.41) is 14.4. The van der Waals surface area contributed by atoms with Crippen LogP contribution in [0.5, 0.6) is 5.75 Å². The van der Waals surface area contributed by atoms with Crippen LogP contribution in [0.25, 0.3) is 0 Å². The first-order valence-electron chi connectivity index (χ1n) is 15.8. The molecule has 2 aromatic carbocycles. The number of fused-ring (bicyclic) bond motifs is 5. The molecule has 0 bridgehead atoms. The Bertz CT molecular complexity index is 1480. The number of halogens is 1. The molecule has 0 saturated heterocycles. The number of benzene rings is 2. The lowest BCUT2D eigenvalue weighted by Crippen LogP contribution is -2.53. The second kappa shape index (κ2) is 10.9. The summed E-state index contributed by atoms with van der Waals surface area (Å²) in [5.41, 5.74) is 5.28. The fourth-order valence-electron chi connectivity index (χ4n) is 9.09. The van der Waals surface area contributed by atoms with Crippen LogP contribution in [-0.4, -0.2) is 28.2 Å². The van der Waals surface area contributed by atoms with Crippen LogP contribution in [0.1, 0.15) is 86.6 Å². The summed E-state index contributed by atoms with van der Waals surface area (Å²) < 4.78 is 6.58. The first-order chi connectivity index (χ1) is 20.4. The molecule has 1 heterocycles. The third kappa shape index (κ3) is 4.78. The number of nitrogens with zero attached hydrogens (tertiary/aromatic N) is 1. The van der Waals surface area contributed by atoms with Gasteiger partial charge in [-0.15, -0.1) is 0 Å². The topological polar surface area (TPSA) is 71.5 Å². The smallest absolute Gasteiger partial charge is 0.329 e. The molecule has 42 heavy (non-hydrogen) atoms. The maximum Gasteiger partial charge on any atom is 0.329 e. The quantitative estimate of drug-likeness (QED) is 0.279. The van der Waals surface area contributed by atoms with Crippen LogP contribution in [0.2, 0.25) is 5.02 Å². The van der Waals surface area contributed by atoms with Crippen LogP contribution < -0.4 is 10.1 Å². The second-order valence-electron chi connectivity index (χ2n) is 13.6. The number of carbonyl (C=O) groups is 1. The van der Waals surface area contributed by atoms with Gasteiger partial charge in [0.05, 0.1) is 6.61 Å². The van der Waals surface area contributed by atoms with Gasteiger partial charge < -0.3 is 15.2 Å². The van der Waals surface area contributed by atoms with Gasteiger partial charge >= 0.3 is 5.97 Å². The van der Waals surface area contributed by atoms with E-state index in [0.717, 1.165) is 49.5 Å². The third-order valence-corrected chi connectivity index (χ3v) is 11.4. The fourth-order valence-corrected chi connectivity index (χ4v) is 9.28. The molecule has 1 spiro atoms. The summed E-state index contributed by atoms with van der Waals surface area (Å²) in [6.45, 7) is 3.02. The molecule has 0 radical (unpaired) electrons. The standard InChI is InChI=1S/C36H41ClN2O3/c1-23(22-42-32-12-17-38-31-20-24-7-4-10-29(24)33(31)32)18-26-19-25-6-2-3-11-30(25)35(26)13-15-36(16-14-35,34(40)41)39-28-9-5-8-27(37)21-28/h2-3,5-6,8-9,11-12,17,21,23-24,26,29,39H,4,7,10,13-16,18-20,22H2,1H3,(H,40,41)/t23-,24-,26+,29-,35?,36?/m1/s1. The highest BCUT2D eigenvalue weighted by molar-refractivity contribution is 6.30. The van der Waals surface area contributed by atoms with Gasteiger partial charge in [-0.3, -0.25) is 4.98 Å². The Kier molecular flexibility index (Phi) is 7.20. The summed E-state index contributed by atoms with van der Waals surface area (Å²) >= 11 is 6.22. The van der Waals surface area contributed by atoms with E-state index in [-0.39, 0.29) is 5.41 Å². The minimum absolute atomic E-state index is 0.00516. The van der Waals surface area contributed by atoms with Crippen molar-refractivity contribution in [2.24, 2.45) is 17.8 Å². The highest BCUT2D eigenvalue weighted by Crippen LogP contribution is 2.56. The van der Waals surface area contributed by atoms with E-state index in [1.54, 1.807) is 0 Å². The summed E-state index contributed by atoms with van der Waals surface area (Å²) in [6.07, 6.45) is 11.9. The number of ether oxygens (including phenoxy) is 1. The van der Waals surface area contributed by atoms with Crippen LogP contribution in [0, 0.1) is 17.8 Å². The first-order valence-corrected chi connectivity index (χ1v) is 16.2. The van der Waals surface area contributed by atoms with Crippen molar-refractivity contribution in [2.75, 3.05) is 11.9 Å². The van der Waals surface area contributed by atoms with E-state index in [1.807, 2.05) is 30.5 Å². The zero-order chi connectivity index (χ0) is 28.9. The molecule has 4 aliphatic carbocycles. The normalized spacial score (nSPS) is 30.0. The lowest BCUT2D eigenvalue weighted by Gasteiger charge is -2.47. The van der Waals surface area contributed by atoms with E-state index < -0.39 is 11.5 Å². The van der Waals surface area contributed by atoms with E-state index in [1.165, 1.54) is 41.6 Å². The molecule has 4 atom stereocenters. The van der Waals surface area contributed by atoms with Crippen molar-refractivity contribution in [3.8, 4) is 5.75 Å². The summed E-state index contributed by atoms with van der Waals surface area (Å²) in [5.74, 6) is 2.52. The third-order valence-electron chi connectivity index (χ3n) is 11.1. The number of aliphatic carboxylic acids is 1. The van der Waals surface area contributed by atoms with Crippen LogP contribution in [-0.2, 0) is 23.1 Å². The molecule has 0 unspecified atom stereocenters. The van der Waals surface area contributed by atoms with Gasteiger partial charge in [-0.1, -0.05) is 55.3 Å². The molecule has 2 N–H and O–H groups in total. The molecule has 2 fully saturated rings. The van der Waals surface area contributed by atoms with Crippen LogP contribution in [0.3, 0.4) is 0 Å². The maximum absolute atomic E-state index is 12.7. The largest absolute Gasteiger partial charge is 0.493 e. The van der Waals surface area contributed by atoms with Crippen molar-refractivity contribution >= 4 is 23.3 Å². The molecule has 3 aromatic rings. The minimum atomic E-state index is -0.993. The Morgan fingerprint density at radius 1 is 1.10 bits per heavy atom. The average Bonchev–Trinajstić information content (AvgIpc) is 3.66. The molecular formula is C36H41ClN2O3. The number of anilines is 1. The van der Waals surface area contributed by atoms with Gasteiger partial charge in [-0.2, -0.15) is 0 Å². The fraction of sp³-hybridized carbons (Fsp3) is 0.500. The SMILES string of the molecule is C[C@@H](COc1ccnc2c1[C@@H]1CCC[C@@H]1C2)C[C@H]1Cc2ccccc2C12CCC(Nc1cccc(Cl)c1)(C(=O)O)CC2. The van der Waals surface area contributed by atoms with Crippen molar-refractivity contribution in [3.05, 3.63) is 88.2 Å². The molecule has 6 heteroatoms. The van der Waals surface area contributed by atoms with Crippen molar-refractivity contribution < 1.29 is 14.6 Å². The van der Waals surface area contributed by atoms with E-state index in [0.29, 0.717) is 42.2 Å². The number of hydrogen-bond acceptors (Lipinski definition) is 4. The van der Waals surface area contributed by atoms with E-state index in [9.17, 15) is 9.90 Å². The predicted molar refractivity (Wildman–Crippen MR) is 167 cm³/mol. The van der Waals surface area contributed by atoms with Crippen LogP contribution in [0.15, 0.2) is 60.8 Å². The highest BCUT2D eigenvalue weighted by Gasteiger charge is 2.54. The lowest BCUT2D eigenvalue weighted by atomic mass is 9.59. The van der Waals surface area contributed by atoms with Gasteiger partial charge in [0, 0.05) is 28.2 Å². The average molecular weight is 585 g/mol. The van der Waals surface area contributed by atoms with Crippen molar-refractivity contribution in [1.29, 1.82) is 0 Å². The summed E-state index contributed by atoms with van der Waals surface area (Å²) in [4.78, 5) is 17.4. The maximum atomic E-state index is 12.7. The number of hydrogen-bond donors (Lipinski definition) is 2. The van der Waals surface area contributed by atoms with Crippen molar-refractivity contribution in [3.63, 3.8) is 0 Å². The van der Waals surface area contributed by atoms with Gasteiger partial charge in [-0.05, 0) is 122 Å². The zero-order valence-corrected chi connectivity index (χ0v) is 25.2. The number of rotatable bonds is 8. The number of aromatic nitrogens is 1. The van der Waals surface area contributed by atoms with Crippen LogP contribution in [0.4, 0.5) is 5.69 Å². The van der Waals surface area contributed by atoms with Gasteiger partial charge in [0.25, 0.3) is 0 Å². The van der Waals surface area contributed by atoms with E-state index >= 15 is 0 Å². The molecule has 7 rings (SSSR count). The van der Waals surface area contributed by atoms with E-state index in [4.69, 9.17) is 21.3 Å². The second-order valence-corrected chi connectivity index (χ2v) is 14.0. The molecule has 0 aliphatic heterocycles. The zero-order valence-electron chi connectivity index (χ0n) is 24.4. The Morgan fingerprint density at radius 2 is 1.93 bits per heavy atom. The predicted octanol–water partition coefficient (Wildman–Crippen LogP) is 8.20. The molecule has 5 nitrogen and oxygen atoms in total. The molecule has 4 aliphatic rings. The Hall–Kier alpha value is -3.05. The van der Waals surface area contributed by atoms with Crippen molar-refractivity contribution in [2.45, 2.75) is 88.0 Å². The molecule has 1 aromatic heterocycles. The number of carboxylic acid groups (broad SMARTS) is 1. The summed E-state index contributed by atoms with van der Waals surface area (Å²) in [6, 6.07) is 18.4. The molecule has 220 valence electrons. The number of pyridine rings is 1. The van der Waals surface area contributed by atoms with E-state index in [2.05, 4.69) is 42.6 Å². The molecule has 0 amide bonds. The highest BCUT2D eigenvalue weighted by atomic mass is 35.5.